The molecule has 0 bridgehead atoms. The number of likely N-dealkylation sites (N-methyl/N-ethyl adjacent to an activating group) is 1. The van der Waals surface area contributed by atoms with Gasteiger partial charge in [-0.3, -0.25) is 9.78 Å². The third kappa shape index (κ3) is 2.65. The fraction of sp³-hybridized carbons (Fsp3) is 0.375. The summed E-state index contributed by atoms with van der Waals surface area (Å²) in [7, 11) is 1.87. The molecule has 3 rings (SSSR count). The van der Waals surface area contributed by atoms with Crippen molar-refractivity contribution < 1.29 is 4.79 Å². The topological polar surface area (TPSA) is 45.2 Å². The van der Waals surface area contributed by atoms with Gasteiger partial charge in [-0.1, -0.05) is 18.2 Å². The summed E-state index contributed by atoms with van der Waals surface area (Å²) in [5.74, 6) is 0.248. The summed E-state index contributed by atoms with van der Waals surface area (Å²) in [5.41, 5.74) is 2.29. The first-order valence-corrected chi connectivity index (χ1v) is 7.04. The van der Waals surface area contributed by atoms with Gasteiger partial charge in [0.05, 0.1) is 5.52 Å². The summed E-state index contributed by atoms with van der Waals surface area (Å²) in [6.45, 7) is 1.61. The minimum absolute atomic E-state index is 0.248. The van der Waals surface area contributed by atoms with Gasteiger partial charge in [-0.05, 0) is 24.1 Å². The molecular formula is C16H19N3O. The predicted octanol–water partition coefficient (Wildman–Crippen LogP) is 1.95. The Hall–Kier alpha value is -1.94. The highest BCUT2D eigenvalue weighted by atomic mass is 16.2. The highest BCUT2D eigenvalue weighted by Gasteiger charge is 2.22. The van der Waals surface area contributed by atoms with E-state index in [1.807, 2.05) is 36.3 Å². The van der Waals surface area contributed by atoms with Crippen molar-refractivity contribution >= 4 is 16.8 Å². The van der Waals surface area contributed by atoms with Crippen LogP contribution in [-0.2, 0) is 11.3 Å². The molecule has 1 fully saturated rings. The van der Waals surface area contributed by atoms with Crippen molar-refractivity contribution in [2.24, 2.45) is 0 Å². The van der Waals surface area contributed by atoms with Gasteiger partial charge in [0.25, 0.3) is 0 Å². The Kier molecular flexibility index (Phi) is 3.65. The zero-order chi connectivity index (χ0) is 13.9. The third-order valence-corrected chi connectivity index (χ3v) is 3.95. The molecule has 1 N–H and O–H groups in total. The average Bonchev–Trinajstić information content (AvgIpc) is 2.48. The Morgan fingerprint density at radius 1 is 1.35 bits per heavy atom. The largest absolute Gasteiger partial charge is 0.344 e. The van der Waals surface area contributed by atoms with Crippen LogP contribution in [-0.4, -0.2) is 35.4 Å². The van der Waals surface area contributed by atoms with Crippen LogP contribution >= 0.6 is 0 Å². The van der Waals surface area contributed by atoms with Gasteiger partial charge < -0.3 is 10.2 Å². The number of hydrogen-bond donors (Lipinski definition) is 1. The summed E-state index contributed by atoms with van der Waals surface area (Å²) in [6.07, 6.45) is 3.42. The highest BCUT2D eigenvalue weighted by molar-refractivity contribution is 5.81. The van der Waals surface area contributed by atoms with Gasteiger partial charge >= 0.3 is 0 Å². The number of hydrogen-bond acceptors (Lipinski definition) is 3. The second-order valence-corrected chi connectivity index (χ2v) is 5.38. The Labute approximate surface area is 118 Å². The smallest absolute Gasteiger partial charge is 0.222 e. The van der Waals surface area contributed by atoms with Crippen molar-refractivity contribution in [1.29, 1.82) is 0 Å². The van der Waals surface area contributed by atoms with E-state index in [-0.39, 0.29) is 5.91 Å². The monoisotopic (exact) mass is 269 g/mol. The molecule has 2 aromatic rings. The van der Waals surface area contributed by atoms with Gasteiger partial charge in [-0.15, -0.1) is 0 Å². The summed E-state index contributed by atoms with van der Waals surface area (Å²) in [6, 6.07) is 10.6. The van der Waals surface area contributed by atoms with Crippen molar-refractivity contribution in [3.05, 3.63) is 42.1 Å². The zero-order valence-electron chi connectivity index (χ0n) is 11.7. The number of nitrogens with zero attached hydrogens (tertiary/aromatic N) is 2. The lowest BCUT2D eigenvalue weighted by Gasteiger charge is -2.30. The van der Waals surface area contributed by atoms with Gasteiger partial charge in [0, 0.05) is 44.2 Å². The van der Waals surface area contributed by atoms with Crippen LogP contribution in [0.3, 0.4) is 0 Å². The molecule has 20 heavy (non-hydrogen) atoms. The molecule has 1 aliphatic rings. The quantitative estimate of drug-likeness (QED) is 0.926. The first kappa shape index (κ1) is 13.1. The van der Waals surface area contributed by atoms with E-state index < -0.39 is 0 Å². The van der Waals surface area contributed by atoms with Crippen molar-refractivity contribution in [2.45, 2.75) is 25.4 Å². The molecule has 104 valence electrons. The normalized spacial score (nSPS) is 19.6. The van der Waals surface area contributed by atoms with Gasteiger partial charge in [0.1, 0.15) is 0 Å². The second kappa shape index (κ2) is 5.59. The molecule has 0 aliphatic carbocycles. The van der Waals surface area contributed by atoms with E-state index in [2.05, 4.69) is 22.4 Å². The van der Waals surface area contributed by atoms with Crippen LogP contribution in [0.4, 0.5) is 0 Å². The van der Waals surface area contributed by atoms with Crippen LogP contribution in [0.25, 0.3) is 10.9 Å². The summed E-state index contributed by atoms with van der Waals surface area (Å²) in [5, 5.41) is 4.76. The number of aromatic nitrogens is 1. The van der Waals surface area contributed by atoms with Crippen LogP contribution in [0, 0.1) is 0 Å². The molecule has 1 aromatic carbocycles. The Bertz CT molecular complexity index is 621. The standard InChI is InChI=1S/C16H19N3O/c1-19-11-13(6-7-16(19)20)18-10-12-8-9-17-15-5-3-2-4-14(12)15/h2-5,8-9,13,18H,6-7,10-11H2,1H3. The number of amides is 1. The lowest BCUT2D eigenvalue weighted by Crippen LogP contribution is -2.46. The number of rotatable bonds is 3. The highest BCUT2D eigenvalue weighted by Crippen LogP contribution is 2.17. The average molecular weight is 269 g/mol. The predicted molar refractivity (Wildman–Crippen MR) is 79.2 cm³/mol. The van der Waals surface area contributed by atoms with Gasteiger partial charge in [0.15, 0.2) is 0 Å². The van der Waals surface area contributed by atoms with Crippen molar-refractivity contribution in [2.75, 3.05) is 13.6 Å². The first-order valence-electron chi connectivity index (χ1n) is 7.04. The molecule has 4 heteroatoms. The van der Waals surface area contributed by atoms with Crippen LogP contribution < -0.4 is 5.32 Å². The van der Waals surface area contributed by atoms with E-state index in [9.17, 15) is 4.79 Å². The minimum Gasteiger partial charge on any atom is -0.344 e. The Morgan fingerprint density at radius 3 is 3.05 bits per heavy atom. The number of fused-ring (bicyclic) bond motifs is 1. The van der Waals surface area contributed by atoms with E-state index in [4.69, 9.17) is 0 Å². The Morgan fingerprint density at radius 2 is 2.20 bits per heavy atom. The van der Waals surface area contributed by atoms with E-state index in [1.165, 1.54) is 10.9 Å². The van der Waals surface area contributed by atoms with Crippen molar-refractivity contribution in [3.8, 4) is 0 Å². The van der Waals surface area contributed by atoms with E-state index in [1.54, 1.807) is 0 Å². The van der Waals surface area contributed by atoms with Gasteiger partial charge in [0.2, 0.25) is 5.91 Å². The maximum Gasteiger partial charge on any atom is 0.222 e. The van der Waals surface area contributed by atoms with E-state index in [0.717, 1.165) is 25.0 Å². The van der Waals surface area contributed by atoms with Gasteiger partial charge in [-0.25, -0.2) is 0 Å². The number of pyridine rings is 1. The number of piperidine rings is 1. The molecule has 1 aliphatic heterocycles. The SMILES string of the molecule is CN1CC(NCc2ccnc3ccccc23)CCC1=O. The number of likely N-dealkylation sites (tertiary alicyclic amines) is 1. The van der Waals surface area contributed by atoms with Crippen molar-refractivity contribution in [3.63, 3.8) is 0 Å². The number of carbonyl (C=O) groups excluding carboxylic acids is 1. The molecule has 1 amide bonds. The summed E-state index contributed by atoms with van der Waals surface area (Å²) in [4.78, 5) is 17.7. The molecule has 0 saturated carbocycles. The molecule has 4 nitrogen and oxygen atoms in total. The molecule has 0 spiro atoms. The zero-order valence-corrected chi connectivity index (χ0v) is 11.7. The van der Waals surface area contributed by atoms with E-state index >= 15 is 0 Å². The number of nitrogens with one attached hydrogen (secondary N) is 1. The lowest BCUT2D eigenvalue weighted by molar-refractivity contribution is -0.132. The molecule has 2 heterocycles. The second-order valence-electron chi connectivity index (χ2n) is 5.38. The minimum atomic E-state index is 0.248. The molecule has 1 aromatic heterocycles. The fourth-order valence-corrected chi connectivity index (χ4v) is 2.74. The maximum absolute atomic E-state index is 11.5. The fourth-order valence-electron chi connectivity index (χ4n) is 2.74. The molecule has 0 radical (unpaired) electrons. The van der Waals surface area contributed by atoms with Crippen LogP contribution in [0.15, 0.2) is 36.5 Å². The Balaban J connectivity index is 1.70. The van der Waals surface area contributed by atoms with Crippen LogP contribution in [0.2, 0.25) is 0 Å². The molecular weight excluding hydrogens is 250 g/mol. The number of para-hydroxylation sites is 1. The maximum atomic E-state index is 11.5. The molecule has 1 atom stereocenters. The third-order valence-electron chi connectivity index (χ3n) is 3.95. The first-order chi connectivity index (χ1) is 9.74. The summed E-state index contributed by atoms with van der Waals surface area (Å²) >= 11 is 0. The summed E-state index contributed by atoms with van der Waals surface area (Å²) < 4.78 is 0. The van der Waals surface area contributed by atoms with Crippen LogP contribution in [0.1, 0.15) is 18.4 Å². The molecule has 1 saturated heterocycles. The number of carbonyl (C=O) groups is 1. The lowest BCUT2D eigenvalue weighted by atomic mass is 10.0. The van der Waals surface area contributed by atoms with Crippen molar-refractivity contribution in [1.82, 2.24) is 15.2 Å². The molecule has 1 unspecified atom stereocenters. The van der Waals surface area contributed by atoms with E-state index in [0.29, 0.717) is 12.5 Å². The number of benzene rings is 1. The van der Waals surface area contributed by atoms with Gasteiger partial charge in [-0.2, -0.15) is 0 Å². The van der Waals surface area contributed by atoms with Crippen LogP contribution in [0.5, 0.6) is 0 Å².